The highest BCUT2D eigenvalue weighted by atomic mass is 32.1. The van der Waals surface area contributed by atoms with Crippen molar-refractivity contribution in [1.29, 1.82) is 0 Å². The van der Waals surface area contributed by atoms with Crippen molar-refractivity contribution in [3.8, 4) is 0 Å². The van der Waals surface area contributed by atoms with Crippen LogP contribution in [0.3, 0.4) is 0 Å². The fourth-order valence-electron chi connectivity index (χ4n) is 1.90. The summed E-state index contributed by atoms with van der Waals surface area (Å²) in [6, 6.07) is 0. The summed E-state index contributed by atoms with van der Waals surface area (Å²) in [5, 5.41) is 12.8. The molecule has 3 nitrogen and oxygen atoms in total. The zero-order chi connectivity index (χ0) is 10.7. The highest BCUT2D eigenvalue weighted by molar-refractivity contribution is 7.09. The van der Waals surface area contributed by atoms with Gasteiger partial charge in [0.1, 0.15) is 0 Å². The molecule has 2 atom stereocenters. The maximum atomic E-state index is 9.88. The number of ether oxygens (including phenoxy) is 1. The van der Waals surface area contributed by atoms with Gasteiger partial charge in [-0.25, -0.2) is 4.98 Å². The molecule has 0 bridgehead atoms. The van der Waals surface area contributed by atoms with Crippen LogP contribution in [0.2, 0.25) is 0 Å². The quantitative estimate of drug-likeness (QED) is 0.859. The molecule has 1 aromatic heterocycles. The average Bonchev–Trinajstić information content (AvgIpc) is 2.84. The van der Waals surface area contributed by atoms with Crippen LogP contribution >= 0.6 is 11.3 Å². The lowest BCUT2D eigenvalue weighted by Gasteiger charge is -2.11. The molecule has 2 unspecified atom stereocenters. The predicted octanol–water partition coefficient (Wildman–Crippen LogP) is 2.44. The van der Waals surface area contributed by atoms with Crippen molar-refractivity contribution >= 4 is 11.3 Å². The zero-order valence-corrected chi connectivity index (χ0v) is 9.80. The van der Waals surface area contributed by atoms with E-state index in [9.17, 15) is 5.11 Å². The first-order chi connectivity index (χ1) is 7.25. The monoisotopic (exact) mass is 227 g/mol. The van der Waals surface area contributed by atoms with Crippen molar-refractivity contribution < 1.29 is 9.84 Å². The summed E-state index contributed by atoms with van der Waals surface area (Å²) in [6.07, 6.45) is 3.95. The van der Waals surface area contributed by atoms with Gasteiger partial charge in [-0.15, -0.1) is 11.3 Å². The van der Waals surface area contributed by atoms with E-state index in [4.69, 9.17) is 4.74 Å². The minimum Gasteiger partial charge on any atom is -0.387 e. The predicted molar refractivity (Wildman–Crippen MR) is 60.0 cm³/mol. The number of rotatable bonds is 4. The number of aryl methyl sites for hydroxylation is 1. The zero-order valence-electron chi connectivity index (χ0n) is 8.98. The molecule has 1 saturated heterocycles. The van der Waals surface area contributed by atoms with Crippen LogP contribution in [-0.4, -0.2) is 22.8 Å². The van der Waals surface area contributed by atoms with Crippen molar-refractivity contribution in [2.45, 2.75) is 44.8 Å². The van der Waals surface area contributed by atoms with E-state index in [2.05, 4.69) is 4.98 Å². The van der Waals surface area contributed by atoms with Gasteiger partial charge in [-0.05, 0) is 32.6 Å². The number of hydrogen-bond acceptors (Lipinski definition) is 4. The smallest absolute Gasteiger partial charge is 0.0969 e. The van der Waals surface area contributed by atoms with Gasteiger partial charge in [-0.2, -0.15) is 0 Å². The van der Waals surface area contributed by atoms with E-state index in [0.29, 0.717) is 6.10 Å². The third-order valence-corrected chi connectivity index (χ3v) is 3.56. The molecule has 84 valence electrons. The highest BCUT2D eigenvalue weighted by Gasteiger charge is 2.18. The Kier molecular flexibility index (Phi) is 3.72. The maximum absolute atomic E-state index is 9.88. The van der Waals surface area contributed by atoms with Crippen LogP contribution in [-0.2, 0) is 4.74 Å². The fraction of sp³-hybridized carbons (Fsp3) is 0.727. The number of thiazole rings is 1. The second-order valence-electron chi connectivity index (χ2n) is 4.02. The summed E-state index contributed by atoms with van der Waals surface area (Å²) in [7, 11) is 0. The van der Waals surface area contributed by atoms with Crippen molar-refractivity contribution in [3.63, 3.8) is 0 Å². The summed E-state index contributed by atoms with van der Waals surface area (Å²) in [5.74, 6) is 0. The lowest BCUT2D eigenvalue weighted by atomic mass is 10.1. The van der Waals surface area contributed by atoms with E-state index in [-0.39, 0.29) is 0 Å². The molecule has 2 heterocycles. The largest absolute Gasteiger partial charge is 0.387 e. The summed E-state index contributed by atoms with van der Waals surface area (Å²) < 4.78 is 5.52. The number of hydrogen-bond donors (Lipinski definition) is 1. The molecule has 1 aromatic rings. The van der Waals surface area contributed by atoms with E-state index >= 15 is 0 Å². The summed E-state index contributed by atoms with van der Waals surface area (Å²) in [4.78, 5) is 4.28. The molecule has 0 saturated carbocycles. The van der Waals surface area contributed by atoms with Crippen LogP contribution in [0, 0.1) is 6.92 Å². The van der Waals surface area contributed by atoms with Gasteiger partial charge < -0.3 is 9.84 Å². The molecule has 1 aliphatic rings. The Morgan fingerprint density at radius 3 is 3.20 bits per heavy atom. The Hall–Kier alpha value is -0.450. The molecule has 1 N–H and O–H groups in total. The summed E-state index contributed by atoms with van der Waals surface area (Å²) in [6.45, 7) is 2.84. The molecule has 4 heteroatoms. The normalized spacial score (nSPS) is 23.2. The van der Waals surface area contributed by atoms with E-state index in [1.165, 1.54) is 0 Å². The molecule has 1 fully saturated rings. The summed E-state index contributed by atoms with van der Waals surface area (Å²) in [5.41, 5.74) is 0.815. The fourth-order valence-corrected chi connectivity index (χ4v) is 2.56. The number of aromatic nitrogens is 1. The molecule has 1 aliphatic heterocycles. The first kappa shape index (κ1) is 11.0. The van der Waals surface area contributed by atoms with Crippen LogP contribution < -0.4 is 0 Å². The third-order valence-electron chi connectivity index (χ3n) is 2.76. The summed E-state index contributed by atoms with van der Waals surface area (Å²) >= 11 is 1.59. The van der Waals surface area contributed by atoms with Crippen molar-refractivity contribution in [1.82, 2.24) is 4.98 Å². The minimum absolute atomic E-state index is 0.361. The molecule has 0 spiro atoms. The van der Waals surface area contributed by atoms with Gasteiger partial charge in [-0.1, -0.05) is 0 Å². The Morgan fingerprint density at radius 1 is 1.73 bits per heavy atom. The van der Waals surface area contributed by atoms with Crippen molar-refractivity contribution in [2.75, 3.05) is 6.61 Å². The second kappa shape index (κ2) is 5.05. The van der Waals surface area contributed by atoms with Gasteiger partial charge in [0.2, 0.25) is 0 Å². The SMILES string of the molecule is Cc1nc(C(O)CCC2CCCO2)cs1. The van der Waals surface area contributed by atoms with E-state index < -0.39 is 6.10 Å². The number of nitrogens with zero attached hydrogens (tertiary/aromatic N) is 1. The lowest BCUT2D eigenvalue weighted by molar-refractivity contribution is 0.0803. The molecule has 0 radical (unpaired) electrons. The Morgan fingerprint density at radius 2 is 2.60 bits per heavy atom. The van der Waals surface area contributed by atoms with Crippen molar-refractivity contribution in [3.05, 3.63) is 16.1 Å². The molecule has 0 aromatic carbocycles. The van der Waals surface area contributed by atoms with Gasteiger partial charge in [0, 0.05) is 12.0 Å². The second-order valence-corrected chi connectivity index (χ2v) is 5.08. The molecule has 2 rings (SSSR count). The highest BCUT2D eigenvalue weighted by Crippen LogP contribution is 2.24. The maximum Gasteiger partial charge on any atom is 0.0969 e. The third kappa shape index (κ3) is 3.00. The standard InChI is InChI=1S/C11H17NO2S/c1-8-12-10(7-15-8)11(13)5-4-9-3-2-6-14-9/h7,9,11,13H,2-6H2,1H3. The Balaban J connectivity index is 1.79. The van der Waals surface area contributed by atoms with Crippen molar-refractivity contribution in [2.24, 2.45) is 0 Å². The van der Waals surface area contributed by atoms with E-state index in [1.807, 2.05) is 12.3 Å². The Bertz CT molecular complexity index is 307. The van der Waals surface area contributed by atoms with Crippen LogP contribution in [0.25, 0.3) is 0 Å². The van der Waals surface area contributed by atoms with Crippen LogP contribution in [0.4, 0.5) is 0 Å². The van der Waals surface area contributed by atoms with Crippen LogP contribution in [0.5, 0.6) is 0 Å². The molecular weight excluding hydrogens is 210 g/mol. The molecular formula is C11H17NO2S. The molecule has 0 aliphatic carbocycles. The first-order valence-corrected chi connectivity index (χ1v) is 6.35. The lowest BCUT2D eigenvalue weighted by Crippen LogP contribution is -2.08. The topological polar surface area (TPSA) is 42.4 Å². The van der Waals surface area contributed by atoms with Crippen LogP contribution in [0.15, 0.2) is 5.38 Å². The number of aliphatic hydroxyl groups is 1. The van der Waals surface area contributed by atoms with Gasteiger partial charge in [0.15, 0.2) is 0 Å². The molecule has 0 amide bonds. The van der Waals surface area contributed by atoms with Gasteiger partial charge in [-0.3, -0.25) is 0 Å². The van der Waals surface area contributed by atoms with Crippen LogP contribution in [0.1, 0.15) is 42.5 Å². The first-order valence-electron chi connectivity index (χ1n) is 5.47. The average molecular weight is 227 g/mol. The number of aliphatic hydroxyl groups excluding tert-OH is 1. The van der Waals surface area contributed by atoms with Gasteiger partial charge in [0.25, 0.3) is 0 Å². The van der Waals surface area contributed by atoms with Gasteiger partial charge in [0.05, 0.1) is 22.9 Å². The molecule has 15 heavy (non-hydrogen) atoms. The van der Waals surface area contributed by atoms with Gasteiger partial charge >= 0.3 is 0 Å². The minimum atomic E-state index is -0.417. The van der Waals surface area contributed by atoms with E-state index in [0.717, 1.165) is 43.0 Å². The van der Waals surface area contributed by atoms with E-state index in [1.54, 1.807) is 11.3 Å². The Labute approximate surface area is 94.1 Å².